The van der Waals surface area contributed by atoms with Gasteiger partial charge in [-0.05, 0) is 67.5 Å². The molecule has 0 spiro atoms. The van der Waals surface area contributed by atoms with Gasteiger partial charge in [-0.2, -0.15) is 0 Å². The summed E-state index contributed by atoms with van der Waals surface area (Å²) in [5.74, 6) is 1.66. The summed E-state index contributed by atoms with van der Waals surface area (Å²) in [6.45, 7) is 4.83. The standard InChI is InChI=1S/C18H27N/c1-18(2)12-16(18)17(19-3)11-14-9-6-8-13-7-4-5-10-15(13)14/h4-5,7,10,14,16-17,19H,6,8-9,11-12H2,1-3H3. The summed E-state index contributed by atoms with van der Waals surface area (Å²) in [7, 11) is 2.15. The third kappa shape index (κ3) is 2.58. The maximum Gasteiger partial charge on any atom is 0.0103 e. The summed E-state index contributed by atoms with van der Waals surface area (Å²) in [4.78, 5) is 0. The fourth-order valence-electron chi connectivity index (χ4n) is 4.08. The molecule has 0 radical (unpaired) electrons. The van der Waals surface area contributed by atoms with E-state index in [1.54, 1.807) is 11.1 Å². The molecule has 1 heteroatoms. The van der Waals surface area contributed by atoms with Crippen LogP contribution in [0.15, 0.2) is 24.3 Å². The molecule has 2 aliphatic carbocycles. The van der Waals surface area contributed by atoms with Crippen LogP contribution in [-0.2, 0) is 6.42 Å². The largest absolute Gasteiger partial charge is 0.317 e. The molecule has 1 fully saturated rings. The molecule has 1 aromatic rings. The van der Waals surface area contributed by atoms with Gasteiger partial charge < -0.3 is 5.32 Å². The average Bonchev–Trinajstić information content (AvgIpc) is 3.05. The Kier molecular flexibility index (Phi) is 3.42. The lowest BCUT2D eigenvalue weighted by atomic mass is 9.78. The molecule has 1 saturated carbocycles. The molecule has 0 amide bonds. The fourth-order valence-corrected chi connectivity index (χ4v) is 4.08. The van der Waals surface area contributed by atoms with Crippen LogP contribution in [0.3, 0.4) is 0 Å². The Morgan fingerprint density at radius 1 is 1.32 bits per heavy atom. The van der Waals surface area contributed by atoms with Gasteiger partial charge in [0.25, 0.3) is 0 Å². The first-order valence-electron chi connectivity index (χ1n) is 7.87. The zero-order valence-electron chi connectivity index (χ0n) is 12.6. The van der Waals surface area contributed by atoms with E-state index < -0.39 is 0 Å². The van der Waals surface area contributed by atoms with Gasteiger partial charge in [0.15, 0.2) is 0 Å². The Hall–Kier alpha value is -0.820. The Bertz CT molecular complexity index is 449. The van der Waals surface area contributed by atoms with Gasteiger partial charge >= 0.3 is 0 Å². The molecule has 0 bridgehead atoms. The van der Waals surface area contributed by atoms with Crippen LogP contribution in [0.5, 0.6) is 0 Å². The zero-order valence-corrected chi connectivity index (χ0v) is 12.6. The summed E-state index contributed by atoms with van der Waals surface area (Å²) in [5.41, 5.74) is 3.80. The average molecular weight is 257 g/mol. The molecular formula is C18H27N. The molecule has 1 N–H and O–H groups in total. The van der Waals surface area contributed by atoms with Gasteiger partial charge in [0.1, 0.15) is 0 Å². The Morgan fingerprint density at radius 3 is 2.74 bits per heavy atom. The predicted molar refractivity (Wildman–Crippen MR) is 81.5 cm³/mol. The highest BCUT2D eigenvalue weighted by molar-refractivity contribution is 5.32. The number of hydrogen-bond donors (Lipinski definition) is 1. The Morgan fingerprint density at radius 2 is 2.05 bits per heavy atom. The maximum absolute atomic E-state index is 3.60. The predicted octanol–water partition coefficient (Wildman–Crippen LogP) is 4.13. The summed E-state index contributed by atoms with van der Waals surface area (Å²) in [6.07, 6.45) is 6.74. The third-order valence-electron chi connectivity index (χ3n) is 5.48. The summed E-state index contributed by atoms with van der Waals surface area (Å²) in [5, 5.41) is 3.60. The van der Waals surface area contributed by atoms with E-state index in [9.17, 15) is 0 Å². The van der Waals surface area contributed by atoms with E-state index in [2.05, 4.69) is 50.5 Å². The van der Waals surface area contributed by atoms with Crippen molar-refractivity contribution in [3.63, 3.8) is 0 Å². The second-order valence-electron chi connectivity index (χ2n) is 7.22. The minimum absolute atomic E-state index is 0.571. The van der Waals surface area contributed by atoms with Crippen molar-refractivity contribution < 1.29 is 0 Å². The molecule has 0 heterocycles. The van der Waals surface area contributed by atoms with Crippen molar-refractivity contribution >= 4 is 0 Å². The summed E-state index contributed by atoms with van der Waals surface area (Å²) < 4.78 is 0. The maximum atomic E-state index is 3.60. The minimum Gasteiger partial charge on any atom is -0.317 e. The number of aryl methyl sites for hydroxylation is 1. The summed E-state index contributed by atoms with van der Waals surface area (Å²) >= 11 is 0. The molecular weight excluding hydrogens is 230 g/mol. The first kappa shape index (κ1) is 13.2. The fraction of sp³-hybridized carbons (Fsp3) is 0.667. The van der Waals surface area contributed by atoms with E-state index >= 15 is 0 Å². The normalized spacial score (nSPS) is 29.6. The highest BCUT2D eigenvalue weighted by Crippen LogP contribution is 2.55. The summed E-state index contributed by atoms with van der Waals surface area (Å²) in [6, 6.07) is 9.81. The van der Waals surface area contributed by atoms with Crippen molar-refractivity contribution in [2.24, 2.45) is 11.3 Å². The lowest BCUT2D eigenvalue weighted by Gasteiger charge is -2.29. The highest BCUT2D eigenvalue weighted by Gasteiger charge is 2.49. The van der Waals surface area contributed by atoms with Crippen molar-refractivity contribution in [1.29, 1.82) is 0 Å². The minimum atomic E-state index is 0.571. The third-order valence-corrected chi connectivity index (χ3v) is 5.48. The topological polar surface area (TPSA) is 12.0 Å². The van der Waals surface area contributed by atoms with Crippen LogP contribution in [0.1, 0.15) is 56.6 Å². The smallest absolute Gasteiger partial charge is 0.0103 e. The van der Waals surface area contributed by atoms with E-state index in [1.165, 1.54) is 32.1 Å². The van der Waals surface area contributed by atoms with E-state index in [4.69, 9.17) is 0 Å². The van der Waals surface area contributed by atoms with Gasteiger partial charge in [-0.3, -0.25) is 0 Å². The zero-order chi connectivity index (χ0) is 13.5. The number of benzene rings is 1. The molecule has 1 aromatic carbocycles. The van der Waals surface area contributed by atoms with Gasteiger partial charge in [-0.25, -0.2) is 0 Å². The first-order valence-corrected chi connectivity index (χ1v) is 7.87. The first-order chi connectivity index (χ1) is 9.12. The lowest BCUT2D eigenvalue weighted by Crippen LogP contribution is -2.32. The van der Waals surface area contributed by atoms with E-state index in [0.29, 0.717) is 11.5 Å². The van der Waals surface area contributed by atoms with E-state index in [-0.39, 0.29) is 0 Å². The SMILES string of the molecule is CNC(CC1CCCc2ccccc21)C1CC1(C)C. The van der Waals surface area contributed by atoms with Crippen LogP contribution in [0.2, 0.25) is 0 Å². The van der Waals surface area contributed by atoms with Gasteiger partial charge in [0.05, 0.1) is 0 Å². The van der Waals surface area contributed by atoms with Crippen LogP contribution < -0.4 is 5.32 Å². The quantitative estimate of drug-likeness (QED) is 0.855. The van der Waals surface area contributed by atoms with Crippen molar-refractivity contribution in [3.8, 4) is 0 Å². The van der Waals surface area contributed by atoms with Gasteiger partial charge in [-0.1, -0.05) is 38.1 Å². The number of hydrogen-bond acceptors (Lipinski definition) is 1. The number of fused-ring (bicyclic) bond motifs is 1. The Labute approximate surface area is 117 Å². The van der Waals surface area contributed by atoms with Crippen molar-refractivity contribution in [1.82, 2.24) is 5.32 Å². The van der Waals surface area contributed by atoms with Crippen LogP contribution in [0.4, 0.5) is 0 Å². The van der Waals surface area contributed by atoms with Crippen LogP contribution in [0, 0.1) is 11.3 Å². The van der Waals surface area contributed by atoms with E-state index in [1.807, 2.05) is 0 Å². The highest BCUT2D eigenvalue weighted by atomic mass is 14.9. The van der Waals surface area contributed by atoms with Crippen LogP contribution >= 0.6 is 0 Å². The number of nitrogens with one attached hydrogen (secondary N) is 1. The molecule has 1 nitrogen and oxygen atoms in total. The van der Waals surface area contributed by atoms with Gasteiger partial charge in [0.2, 0.25) is 0 Å². The molecule has 0 saturated heterocycles. The van der Waals surface area contributed by atoms with Gasteiger partial charge in [0, 0.05) is 6.04 Å². The number of rotatable bonds is 4. The molecule has 0 aliphatic heterocycles. The molecule has 3 unspecified atom stereocenters. The van der Waals surface area contributed by atoms with Crippen LogP contribution in [0.25, 0.3) is 0 Å². The molecule has 104 valence electrons. The molecule has 3 atom stereocenters. The molecule has 0 aromatic heterocycles. The lowest BCUT2D eigenvalue weighted by molar-refractivity contribution is 0.364. The second kappa shape index (κ2) is 4.94. The molecule has 2 aliphatic rings. The van der Waals surface area contributed by atoms with Gasteiger partial charge in [-0.15, -0.1) is 0 Å². The van der Waals surface area contributed by atoms with Crippen molar-refractivity contribution in [2.45, 2.75) is 57.9 Å². The van der Waals surface area contributed by atoms with Crippen molar-refractivity contribution in [2.75, 3.05) is 7.05 Å². The van der Waals surface area contributed by atoms with Crippen LogP contribution in [-0.4, -0.2) is 13.1 Å². The molecule has 3 rings (SSSR count). The Balaban J connectivity index is 1.73. The second-order valence-corrected chi connectivity index (χ2v) is 7.22. The van der Waals surface area contributed by atoms with Crippen molar-refractivity contribution in [3.05, 3.63) is 35.4 Å². The monoisotopic (exact) mass is 257 g/mol. The molecule has 19 heavy (non-hydrogen) atoms. The van der Waals surface area contributed by atoms with E-state index in [0.717, 1.165) is 11.8 Å².